The lowest BCUT2D eigenvalue weighted by atomic mass is 9.62. The van der Waals surface area contributed by atoms with E-state index in [-0.39, 0.29) is 45.0 Å². The van der Waals surface area contributed by atoms with E-state index in [9.17, 15) is 8.22 Å². The maximum atomic E-state index is 10.2. The van der Waals surface area contributed by atoms with Crippen LogP contribution in [-0.2, 0) is 5.41 Å². The van der Waals surface area contributed by atoms with Gasteiger partial charge in [0.05, 0.1) is 38.7 Å². The number of benzene rings is 7. The first-order chi connectivity index (χ1) is 37.0. The molecule has 0 radical (unpaired) electrons. The van der Waals surface area contributed by atoms with Crippen molar-refractivity contribution in [3.63, 3.8) is 0 Å². The summed E-state index contributed by atoms with van der Waals surface area (Å²) in [6.07, 6.45) is 7.21. The molecule has 3 aromatic heterocycles. The Bertz CT molecular complexity index is 4230. The Morgan fingerprint density at radius 2 is 1.18 bits per heavy atom. The number of fused-ring (bicyclic) bond motifs is 16. The zero-order chi connectivity index (χ0) is 53.5. The van der Waals surface area contributed by atoms with E-state index in [0.29, 0.717) is 5.56 Å². The quantitative estimate of drug-likeness (QED) is 0.165. The molecule has 1 fully saturated rings. The van der Waals surface area contributed by atoms with Gasteiger partial charge in [0.2, 0.25) is 5.95 Å². The van der Waals surface area contributed by atoms with E-state index in [1.807, 2.05) is 18.3 Å². The van der Waals surface area contributed by atoms with Gasteiger partial charge in [-0.1, -0.05) is 153 Å². The van der Waals surface area contributed by atoms with Gasteiger partial charge < -0.3 is 9.47 Å². The molecule has 10 aromatic rings. The summed E-state index contributed by atoms with van der Waals surface area (Å²) in [5.41, 5.74) is 4.71. The molecule has 0 saturated heterocycles. The van der Waals surface area contributed by atoms with Gasteiger partial charge >= 0.3 is 0 Å². The molecule has 0 N–H and O–H groups in total. The van der Waals surface area contributed by atoms with Crippen LogP contribution in [0.4, 0.5) is 11.6 Å². The summed E-state index contributed by atoms with van der Waals surface area (Å²) in [7, 11) is -2.83. The van der Waals surface area contributed by atoms with Gasteiger partial charge in [0.1, 0.15) is 0 Å². The number of anilines is 2. The minimum Gasteiger partial charge on any atom is -0.309 e. The number of aromatic nitrogens is 5. The van der Waals surface area contributed by atoms with Crippen LogP contribution in [-0.4, -0.2) is 38.1 Å². The van der Waals surface area contributed by atoms with Gasteiger partial charge in [-0.25, -0.2) is 4.98 Å². The van der Waals surface area contributed by atoms with Crippen molar-refractivity contribution in [1.29, 1.82) is 0 Å². The molecule has 0 bridgehead atoms. The lowest BCUT2D eigenvalue weighted by Gasteiger charge is -2.49. The van der Waals surface area contributed by atoms with Crippen LogP contribution in [0.5, 0.6) is 0 Å². The maximum absolute atomic E-state index is 10.2. The van der Waals surface area contributed by atoms with Crippen LogP contribution in [0.15, 0.2) is 182 Å². The van der Waals surface area contributed by atoms with Crippen molar-refractivity contribution in [2.24, 2.45) is 0 Å². The first-order valence-electron chi connectivity index (χ1n) is 28.0. The van der Waals surface area contributed by atoms with Gasteiger partial charge in [0.15, 0.2) is 19.7 Å². The van der Waals surface area contributed by atoms with Gasteiger partial charge in [-0.15, -0.1) is 0 Å². The summed E-state index contributed by atoms with van der Waals surface area (Å²) in [5, 5.41) is 4.63. The van der Waals surface area contributed by atoms with Crippen LogP contribution in [0.3, 0.4) is 0 Å². The summed E-state index contributed by atoms with van der Waals surface area (Å²) in [6.45, 7) is 4.45. The number of hydrogen-bond donors (Lipinski definition) is 0. The number of para-hydroxylation sites is 2. The third-order valence-electron chi connectivity index (χ3n) is 15.1. The Morgan fingerprint density at radius 1 is 0.585 bits per heavy atom. The summed E-state index contributed by atoms with van der Waals surface area (Å²) < 4.78 is 111. The number of nitrogens with zero attached hydrogens (tertiary/aromatic N) is 6. The highest BCUT2D eigenvalue weighted by Gasteiger charge is 2.59. The van der Waals surface area contributed by atoms with E-state index in [2.05, 4.69) is 109 Å². The molecule has 1 aliphatic carbocycles. The predicted molar refractivity (Wildman–Crippen MR) is 267 cm³/mol. The fourth-order valence-corrected chi connectivity index (χ4v) is 17.6. The molecule has 65 heavy (non-hydrogen) atoms. The smallest absolute Gasteiger partial charge is 0.234 e. The van der Waals surface area contributed by atoms with E-state index in [1.165, 1.54) is 31.9 Å². The molecular formula is C58H44N6Si. The third kappa shape index (κ3) is 4.78. The Balaban J connectivity index is 1.07. The third-order valence-corrected chi connectivity index (χ3v) is 20.1. The molecule has 6 nitrogen and oxygen atoms in total. The van der Waals surface area contributed by atoms with Crippen LogP contribution in [0.1, 0.15) is 61.5 Å². The molecule has 7 aromatic carbocycles. The van der Waals surface area contributed by atoms with Crippen molar-refractivity contribution in [2.75, 3.05) is 4.90 Å². The molecule has 7 heteroatoms. The minimum absolute atomic E-state index is 0.173. The van der Waals surface area contributed by atoms with E-state index in [1.54, 1.807) is 6.20 Å². The lowest BCUT2D eigenvalue weighted by Crippen LogP contribution is -2.70. The van der Waals surface area contributed by atoms with Crippen LogP contribution >= 0.6 is 0 Å². The lowest BCUT2D eigenvalue weighted by molar-refractivity contribution is 0.193. The van der Waals surface area contributed by atoms with E-state index >= 15 is 0 Å². The second kappa shape index (κ2) is 13.3. The van der Waals surface area contributed by atoms with Crippen LogP contribution < -0.4 is 25.6 Å². The highest BCUT2D eigenvalue weighted by molar-refractivity contribution is 7.24. The Morgan fingerprint density at radius 3 is 1.88 bits per heavy atom. The van der Waals surface area contributed by atoms with Crippen molar-refractivity contribution < 1.29 is 16.4 Å². The summed E-state index contributed by atoms with van der Waals surface area (Å²) in [4.78, 5) is 22.4. The molecular weight excluding hydrogens is 809 g/mol. The van der Waals surface area contributed by atoms with Crippen molar-refractivity contribution in [3.8, 4) is 50.7 Å². The molecule has 0 amide bonds. The summed E-state index contributed by atoms with van der Waals surface area (Å²) >= 11 is 0. The summed E-state index contributed by atoms with van der Waals surface area (Å²) in [6, 6.07) is 26.7. The van der Waals surface area contributed by atoms with Crippen LogP contribution in [0.25, 0.3) is 72.5 Å². The molecule has 4 aliphatic rings. The number of hydrogen-bond acceptors (Lipinski definition) is 5. The first-order valence-corrected chi connectivity index (χ1v) is 24.0. The average Bonchev–Trinajstić information content (AvgIpc) is 4.25. The monoisotopic (exact) mass is 864 g/mol. The first kappa shape index (κ1) is 27.0. The van der Waals surface area contributed by atoms with Gasteiger partial charge in [-0.05, 0) is 99.1 Å². The van der Waals surface area contributed by atoms with Gasteiger partial charge in [-0.2, -0.15) is 9.97 Å². The minimum atomic E-state index is -2.83. The molecule has 3 aliphatic heterocycles. The van der Waals surface area contributed by atoms with Crippen molar-refractivity contribution in [1.82, 2.24) is 24.5 Å². The summed E-state index contributed by atoms with van der Waals surface area (Å²) in [5.74, 6) is 0.261. The zero-order valence-electron chi connectivity index (χ0n) is 47.4. The molecule has 2 atom stereocenters. The van der Waals surface area contributed by atoms with E-state index in [4.69, 9.17) is 23.2 Å². The fraction of sp³-hybridized carbons (Fsp3) is 0.138. The molecule has 14 rings (SSSR count). The van der Waals surface area contributed by atoms with Gasteiger partial charge in [0.25, 0.3) is 0 Å². The Kier molecular flexibility index (Phi) is 5.51. The van der Waals surface area contributed by atoms with Gasteiger partial charge in [-0.3, -0.25) is 4.98 Å². The second-order valence-electron chi connectivity index (χ2n) is 18.0. The number of pyridine rings is 1. The average molecular weight is 865 g/mol. The molecule has 6 heterocycles. The fourth-order valence-electron chi connectivity index (χ4n) is 12.0. The Labute approximate surface area is 395 Å². The Hall–Kier alpha value is -7.48. The van der Waals surface area contributed by atoms with E-state index in [0.717, 1.165) is 52.6 Å². The second-order valence-corrected chi connectivity index (χ2v) is 21.6. The van der Waals surface area contributed by atoms with Crippen molar-refractivity contribution in [3.05, 3.63) is 188 Å². The molecule has 2 unspecified atom stereocenters. The largest absolute Gasteiger partial charge is 0.309 e. The number of rotatable bonds is 4. The van der Waals surface area contributed by atoms with Crippen molar-refractivity contribution >= 4 is 62.3 Å². The zero-order valence-corrected chi connectivity index (χ0v) is 36.4. The normalized spacial score (nSPS) is 22.1. The maximum Gasteiger partial charge on any atom is 0.234 e. The van der Waals surface area contributed by atoms with E-state index < -0.39 is 97.2 Å². The van der Waals surface area contributed by atoms with Crippen LogP contribution in [0.2, 0.25) is 0 Å². The predicted octanol–water partition coefficient (Wildman–Crippen LogP) is 10.8. The highest BCUT2D eigenvalue weighted by Crippen LogP contribution is 2.60. The topological polar surface area (TPSA) is 59.7 Å². The molecule has 1 saturated carbocycles. The van der Waals surface area contributed by atoms with Crippen molar-refractivity contribution in [2.45, 2.75) is 50.5 Å². The standard InChI is InChI=1S/C58H44N6Si/c1-57-31-13-14-32-58(57,2)64(49-30-33-59-36-46(49)57)56-61-54(37-16-15-17-39(34-37)63-47-23-8-3-18-40(47)41-19-4-9-24-48(41)63)60-55(62-56)38-28-29-53-45(35-38)44-22-7-12-27-52(44)65(53)50-25-10-5-20-42(50)43-21-6-11-26-51(43)65/h3-12,15-30,33-36H,13-14,31-32H2,1-2H3/i3D,4D,8D,9D,15D,16D,17D,18D,19D,23D,24D,34D. The van der Waals surface area contributed by atoms with Gasteiger partial charge in [0, 0.05) is 51.0 Å². The molecule has 1 spiro atoms. The molecule has 310 valence electrons. The SMILES string of the molecule is [2H]c1c([2H])c(-c2nc(-c3ccc4c(c3)-c3ccccc3[Si]43c4ccccc4-c4ccccc43)nc(N3c4ccncc4C4(C)CCCCC34C)n2)c([2H])c(-n2c3c([2H])c([2H])c([2H])c([2H])c3c3c([2H])c([2H])c([2H])c([2H])c32)c1[2H]. The van der Waals surface area contributed by atoms with Crippen LogP contribution in [0, 0.1) is 0 Å². The highest BCUT2D eigenvalue weighted by atomic mass is 28.3.